The molecule has 6 atom stereocenters. The van der Waals surface area contributed by atoms with Gasteiger partial charge in [-0.15, -0.1) is 0 Å². The van der Waals surface area contributed by atoms with Crippen molar-refractivity contribution in [1.29, 1.82) is 0 Å². The molecule has 0 aromatic carbocycles. The molecule has 0 saturated carbocycles. The van der Waals surface area contributed by atoms with Crippen LogP contribution in [0.25, 0.3) is 0 Å². The average molecular weight is 1350 g/mol. The Balaban J connectivity index is 5.21. The van der Waals surface area contributed by atoms with Gasteiger partial charge in [-0.1, -0.05) is 318 Å². The zero-order chi connectivity index (χ0) is 68.0. The van der Waals surface area contributed by atoms with Crippen molar-refractivity contribution in [3.63, 3.8) is 0 Å². The molecule has 546 valence electrons. The van der Waals surface area contributed by atoms with Crippen LogP contribution in [0.3, 0.4) is 0 Å². The molecule has 92 heavy (non-hydrogen) atoms. The summed E-state index contributed by atoms with van der Waals surface area (Å²) in [5.74, 6) is 0.175. The summed E-state index contributed by atoms with van der Waals surface area (Å²) in [6, 6.07) is 0. The highest BCUT2D eigenvalue weighted by Crippen LogP contribution is 2.45. The Morgan fingerprint density at radius 2 is 0.554 bits per heavy atom. The van der Waals surface area contributed by atoms with Gasteiger partial charge in [0.1, 0.15) is 19.3 Å². The molecule has 0 radical (unpaired) electrons. The predicted octanol–water partition coefficient (Wildman–Crippen LogP) is 21.0. The van der Waals surface area contributed by atoms with E-state index in [1.165, 1.54) is 180 Å². The molecule has 0 aromatic heterocycles. The maximum absolute atomic E-state index is 13.1. The number of rotatable bonds is 71. The molecule has 0 aliphatic carbocycles. The molecule has 17 nitrogen and oxygen atoms in total. The molecule has 0 bridgehead atoms. The van der Waals surface area contributed by atoms with E-state index in [0.717, 1.165) is 108 Å². The summed E-state index contributed by atoms with van der Waals surface area (Å²) in [6.07, 6.45) is 48.7. The summed E-state index contributed by atoms with van der Waals surface area (Å²) in [4.78, 5) is 72.6. The van der Waals surface area contributed by atoms with Gasteiger partial charge >= 0.3 is 39.5 Å². The third-order valence-electron chi connectivity index (χ3n) is 17.2. The van der Waals surface area contributed by atoms with Crippen LogP contribution in [-0.2, 0) is 65.4 Å². The minimum Gasteiger partial charge on any atom is -0.462 e. The van der Waals surface area contributed by atoms with Gasteiger partial charge in [-0.05, 0) is 43.4 Å². The molecule has 0 fully saturated rings. The van der Waals surface area contributed by atoms with Crippen molar-refractivity contribution < 1.29 is 80.2 Å². The maximum Gasteiger partial charge on any atom is 0.472 e. The molecule has 19 heteroatoms. The highest BCUT2D eigenvalue weighted by atomic mass is 31.2. The first-order valence-corrected chi connectivity index (χ1v) is 40.9. The van der Waals surface area contributed by atoms with E-state index in [2.05, 4.69) is 48.5 Å². The first kappa shape index (κ1) is 90.1. The number of hydrogen-bond donors (Lipinski definition) is 3. The zero-order valence-electron chi connectivity index (χ0n) is 60.0. The molecule has 0 aliphatic heterocycles. The molecular formula is C73H142O17P2. The lowest BCUT2D eigenvalue weighted by atomic mass is 10.00. The molecule has 0 aliphatic rings. The summed E-state index contributed by atoms with van der Waals surface area (Å²) in [5, 5.41) is 10.6. The molecule has 0 spiro atoms. The molecule has 3 N–H and O–H groups in total. The van der Waals surface area contributed by atoms with Crippen molar-refractivity contribution in [3.8, 4) is 0 Å². The summed E-state index contributed by atoms with van der Waals surface area (Å²) >= 11 is 0. The number of aliphatic hydroxyl groups is 1. The second-order valence-corrected chi connectivity index (χ2v) is 30.4. The van der Waals surface area contributed by atoms with E-state index in [9.17, 15) is 43.2 Å². The fourth-order valence-electron chi connectivity index (χ4n) is 11.0. The van der Waals surface area contributed by atoms with Crippen LogP contribution in [-0.4, -0.2) is 96.7 Å². The minimum atomic E-state index is -4.95. The summed E-state index contributed by atoms with van der Waals surface area (Å²) in [7, 11) is -9.90. The number of esters is 4. The van der Waals surface area contributed by atoms with E-state index in [-0.39, 0.29) is 25.7 Å². The van der Waals surface area contributed by atoms with Crippen molar-refractivity contribution in [2.75, 3.05) is 39.6 Å². The van der Waals surface area contributed by atoms with Gasteiger partial charge < -0.3 is 33.8 Å². The fraction of sp³-hybridized carbons (Fsp3) is 0.945. The molecule has 0 heterocycles. The Kier molecular flexibility index (Phi) is 62.4. The summed E-state index contributed by atoms with van der Waals surface area (Å²) in [6.45, 7) is 11.8. The molecule has 0 aromatic rings. The Labute approximate surface area is 562 Å². The van der Waals surface area contributed by atoms with Crippen molar-refractivity contribution in [2.45, 2.75) is 388 Å². The summed E-state index contributed by atoms with van der Waals surface area (Å²) in [5.41, 5.74) is 0. The standard InChI is InChI=1S/C73H142O17P2/c1-8-10-11-12-13-25-32-40-47-54-70(75)83-61-69(90-73(78)57-50-43-36-35-39-46-53-66(7)9-2)63-88-92(81,82)86-59-67(74)58-85-91(79,80)87-62-68(60-84-71(76)55-48-41-33-28-24-20-22-27-31-38-45-52-65(5)6)89-72(77)56-49-42-34-29-23-19-17-15-14-16-18-21-26-30-37-44-51-64(3)4/h64-69,74H,8-63H2,1-7H3,(H,79,80)(H,81,82)/t66?,67-,68-,69-/m1/s1. The third kappa shape index (κ3) is 65.4. The van der Waals surface area contributed by atoms with Crippen molar-refractivity contribution >= 4 is 39.5 Å². The van der Waals surface area contributed by atoms with E-state index >= 15 is 0 Å². The van der Waals surface area contributed by atoms with E-state index in [4.69, 9.17) is 37.0 Å². The Morgan fingerprint density at radius 1 is 0.315 bits per heavy atom. The smallest absolute Gasteiger partial charge is 0.462 e. The highest BCUT2D eigenvalue weighted by Gasteiger charge is 2.30. The lowest BCUT2D eigenvalue weighted by Crippen LogP contribution is -2.30. The van der Waals surface area contributed by atoms with Gasteiger partial charge in [-0.25, -0.2) is 9.13 Å². The van der Waals surface area contributed by atoms with Gasteiger partial charge in [0, 0.05) is 25.7 Å². The molecular weight excluding hydrogens is 1210 g/mol. The topological polar surface area (TPSA) is 237 Å². The van der Waals surface area contributed by atoms with Gasteiger partial charge in [0.25, 0.3) is 0 Å². The first-order valence-electron chi connectivity index (χ1n) is 37.9. The number of phosphoric acid groups is 2. The minimum absolute atomic E-state index is 0.103. The van der Waals surface area contributed by atoms with E-state index in [1.807, 2.05) is 0 Å². The maximum atomic E-state index is 13.1. The zero-order valence-corrected chi connectivity index (χ0v) is 61.8. The predicted molar refractivity (Wildman–Crippen MR) is 372 cm³/mol. The van der Waals surface area contributed by atoms with Crippen molar-refractivity contribution in [3.05, 3.63) is 0 Å². The quantitative estimate of drug-likeness (QED) is 0.0222. The number of aliphatic hydroxyl groups excluding tert-OH is 1. The largest absolute Gasteiger partial charge is 0.472 e. The lowest BCUT2D eigenvalue weighted by Gasteiger charge is -2.21. The van der Waals surface area contributed by atoms with Crippen LogP contribution >= 0.6 is 15.6 Å². The monoisotopic (exact) mass is 1350 g/mol. The molecule has 0 saturated heterocycles. The second-order valence-electron chi connectivity index (χ2n) is 27.5. The Bertz CT molecular complexity index is 1800. The molecule has 0 rings (SSSR count). The second kappa shape index (κ2) is 63.8. The Hall–Kier alpha value is -1.94. The van der Waals surface area contributed by atoms with Crippen LogP contribution in [0.4, 0.5) is 0 Å². The van der Waals surface area contributed by atoms with Crippen LogP contribution in [0.1, 0.15) is 370 Å². The number of unbranched alkanes of at least 4 members (excludes halogenated alkanes) is 38. The van der Waals surface area contributed by atoms with E-state index in [1.54, 1.807) is 0 Å². The van der Waals surface area contributed by atoms with Gasteiger partial charge in [0.15, 0.2) is 12.2 Å². The van der Waals surface area contributed by atoms with Crippen LogP contribution in [0.5, 0.6) is 0 Å². The molecule has 0 amide bonds. The number of hydrogen-bond acceptors (Lipinski definition) is 15. The van der Waals surface area contributed by atoms with Crippen LogP contribution in [0.15, 0.2) is 0 Å². The van der Waals surface area contributed by atoms with Crippen LogP contribution < -0.4 is 0 Å². The normalized spacial score (nSPS) is 14.4. The lowest BCUT2D eigenvalue weighted by molar-refractivity contribution is -0.161. The molecule has 3 unspecified atom stereocenters. The van der Waals surface area contributed by atoms with E-state index < -0.39 is 97.5 Å². The number of ether oxygens (including phenoxy) is 4. The van der Waals surface area contributed by atoms with Crippen molar-refractivity contribution in [2.24, 2.45) is 17.8 Å². The van der Waals surface area contributed by atoms with Gasteiger partial charge in [0.05, 0.1) is 26.4 Å². The SMILES string of the molecule is CCCCCCCCCCCC(=O)OC[C@H](COP(=O)(O)OC[C@H](O)COP(=O)(O)OC[C@@H](COC(=O)CCCCCCCCCCCCCC(C)C)OC(=O)CCCCCCCCCCCCCCCCCCC(C)C)OC(=O)CCCCCCCCC(C)CC. The van der Waals surface area contributed by atoms with Gasteiger partial charge in [-0.3, -0.25) is 37.3 Å². The third-order valence-corrected chi connectivity index (χ3v) is 19.1. The van der Waals surface area contributed by atoms with Crippen LogP contribution in [0, 0.1) is 17.8 Å². The Morgan fingerprint density at radius 3 is 0.826 bits per heavy atom. The number of carbonyl (C=O) groups is 4. The first-order chi connectivity index (χ1) is 44.3. The highest BCUT2D eigenvalue weighted by molar-refractivity contribution is 7.47. The van der Waals surface area contributed by atoms with Gasteiger partial charge in [-0.2, -0.15) is 0 Å². The van der Waals surface area contributed by atoms with Crippen LogP contribution in [0.2, 0.25) is 0 Å². The summed E-state index contributed by atoms with van der Waals surface area (Å²) < 4.78 is 68.3. The van der Waals surface area contributed by atoms with Gasteiger partial charge in [0.2, 0.25) is 0 Å². The average Bonchev–Trinajstić information content (AvgIpc) is 2.63. The fourth-order valence-corrected chi connectivity index (χ4v) is 12.6. The van der Waals surface area contributed by atoms with E-state index in [0.29, 0.717) is 25.7 Å². The van der Waals surface area contributed by atoms with Crippen molar-refractivity contribution in [1.82, 2.24) is 0 Å². The number of carbonyl (C=O) groups excluding carboxylic acids is 4. The number of phosphoric ester groups is 2.